The van der Waals surface area contributed by atoms with E-state index < -0.39 is 0 Å². The summed E-state index contributed by atoms with van der Waals surface area (Å²) in [6, 6.07) is 1.80. The van der Waals surface area contributed by atoms with E-state index in [4.69, 9.17) is 27.9 Å². The van der Waals surface area contributed by atoms with Crippen LogP contribution < -0.4 is 4.74 Å². The fourth-order valence-corrected chi connectivity index (χ4v) is 1.53. The topological polar surface area (TPSA) is 22.1 Å². The maximum atomic E-state index is 5.98. The largest absolute Gasteiger partial charge is 0.474 e. The molecule has 0 radical (unpaired) electrons. The van der Waals surface area contributed by atoms with E-state index >= 15 is 0 Å². The van der Waals surface area contributed by atoms with Crippen molar-refractivity contribution in [2.24, 2.45) is 0 Å². The molecule has 78 valence electrons. The fraction of sp³-hybridized carbons (Fsp3) is 0.500. The lowest BCUT2D eigenvalue weighted by Crippen LogP contribution is -2.08. The van der Waals surface area contributed by atoms with Crippen molar-refractivity contribution in [2.45, 2.75) is 32.8 Å². The van der Waals surface area contributed by atoms with Crippen molar-refractivity contribution in [1.29, 1.82) is 0 Å². The minimum absolute atomic E-state index is 0.0706. The number of alkyl halides is 1. The summed E-state index contributed by atoms with van der Waals surface area (Å²) in [4.78, 5) is 4.25. The standard InChI is InChI=1S/C10H13Cl2NO/c1-6(2)14-10-9(12)4-8(5-11)7(3)13-10/h4,6H,5H2,1-3H3. The smallest absolute Gasteiger partial charge is 0.233 e. The molecule has 0 bridgehead atoms. The highest BCUT2D eigenvalue weighted by Crippen LogP contribution is 2.26. The molecule has 0 aliphatic heterocycles. The second-order valence-corrected chi connectivity index (χ2v) is 3.99. The van der Waals surface area contributed by atoms with Crippen molar-refractivity contribution in [3.8, 4) is 5.88 Å². The summed E-state index contributed by atoms with van der Waals surface area (Å²) in [6.07, 6.45) is 0.0706. The molecule has 1 rings (SSSR count). The molecular weight excluding hydrogens is 221 g/mol. The fourth-order valence-electron chi connectivity index (χ4n) is 1.04. The number of pyridine rings is 1. The molecule has 2 nitrogen and oxygen atoms in total. The Morgan fingerprint density at radius 2 is 2.14 bits per heavy atom. The van der Waals surface area contributed by atoms with Crippen molar-refractivity contribution in [2.75, 3.05) is 0 Å². The third kappa shape index (κ3) is 2.76. The van der Waals surface area contributed by atoms with E-state index in [9.17, 15) is 0 Å². The van der Waals surface area contributed by atoms with E-state index in [1.807, 2.05) is 20.8 Å². The van der Waals surface area contributed by atoms with Crippen molar-refractivity contribution < 1.29 is 4.74 Å². The molecule has 0 spiro atoms. The molecule has 0 aromatic carbocycles. The van der Waals surface area contributed by atoms with Crippen LogP contribution in [0.3, 0.4) is 0 Å². The quantitative estimate of drug-likeness (QED) is 0.746. The molecule has 0 atom stereocenters. The molecule has 0 saturated heterocycles. The summed E-state index contributed by atoms with van der Waals surface area (Å²) < 4.78 is 5.44. The zero-order valence-electron chi connectivity index (χ0n) is 8.47. The number of hydrogen-bond donors (Lipinski definition) is 0. The van der Waals surface area contributed by atoms with Crippen LogP contribution in [0.2, 0.25) is 5.02 Å². The first-order chi connectivity index (χ1) is 6.54. The third-order valence-electron chi connectivity index (χ3n) is 1.73. The van der Waals surface area contributed by atoms with Crippen molar-refractivity contribution >= 4 is 23.2 Å². The van der Waals surface area contributed by atoms with Gasteiger partial charge in [0.15, 0.2) is 0 Å². The first-order valence-corrected chi connectivity index (χ1v) is 5.34. The normalized spacial score (nSPS) is 10.7. The minimum Gasteiger partial charge on any atom is -0.474 e. The maximum Gasteiger partial charge on any atom is 0.233 e. The monoisotopic (exact) mass is 233 g/mol. The average molecular weight is 234 g/mol. The summed E-state index contributed by atoms with van der Waals surface area (Å²) in [7, 11) is 0. The van der Waals surface area contributed by atoms with Gasteiger partial charge in [-0.3, -0.25) is 0 Å². The molecule has 1 aromatic rings. The number of ether oxygens (including phenoxy) is 1. The van der Waals surface area contributed by atoms with Gasteiger partial charge in [-0.05, 0) is 32.4 Å². The lowest BCUT2D eigenvalue weighted by molar-refractivity contribution is 0.232. The van der Waals surface area contributed by atoms with Crippen LogP contribution in [0.5, 0.6) is 5.88 Å². The molecular formula is C10H13Cl2NO. The van der Waals surface area contributed by atoms with Gasteiger partial charge >= 0.3 is 0 Å². The Hall–Kier alpha value is -0.470. The zero-order chi connectivity index (χ0) is 10.7. The number of rotatable bonds is 3. The van der Waals surface area contributed by atoms with Gasteiger partial charge in [0.2, 0.25) is 5.88 Å². The number of aryl methyl sites for hydroxylation is 1. The summed E-state index contributed by atoms with van der Waals surface area (Å²) in [5, 5.41) is 0.514. The summed E-state index contributed by atoms with van der Waals surface area (Å²) in [6.45, 7) is 5.76. The van der Waals surface area contributed by atoms with E-state index in [-0.39, 0.29) is 6.10 Å². The van der Waals surface area contributed by atoms with Gasteiger partial charge < -0.3 is 4.74 Å². The van der Waals surface area contributed by atoms with Crippen LogP contribution in [0.4, 0.5) is 0 Å². The summed E-state index contributed by atoms with van der Waals surface area (Å²) in [5.74, 6) is 0.897. The molecule has 14 heavy (non-hydrogen) atoms. The predicted molar refractivity (Wildman–Crippen MR) is 59.3 cm³/mol. The van der Waals surface area contributed by atoms with E-state index in [1.54, 1.807) is 6.07 Å². The Bertz CT molecular complexity index is 326. The first kappa shape index (κ1) is 11.6. The Labute approximate surface area is 94.2 Å². The Balaban J connectivity index is 3.02. The van der Waals surface area contributed by atoms with Gasteiger partial charge in [-0.15, -0.1) is 11.6 Å². The van der Waals surface area contributed by atoms with Gasteiger partial charge in [0.1, 0.15) is 5.02 Å². The van der Waals surface area contributed by atoms with Crippen LogP contribution in [0.15, 0.2) is 6.07 Å². The molecule has 0 unspecified atom stereocenters. The van der Waals surface area contributed by atoms with Crippen molar-refractivity contribution in [1.82, 2.24) is 4.98 Å². The van der Waals surface area contributed by atoms with Gasteiger partial charge in [0.25, 0.3) is 0 Å². The molecule has 1 aromatic heterocycles. The van der Waals surface area contributed by atoms with Gasteiger partial charge in [-0.2, -0.15) is 0 Å². The lowest BCUT2D eigenvalue weighted by Gasteiger charge is -2.12. The van der Waals surface area contributed by atoms with Crippen molar-refractivity contribution in [3.63, 3.8) is 0 Å². The number of halogens is 2. The van der Waals surface area contributed by atoms with Gasteiger partial charge in [0.05, 0.1) is 6.10 Å². The van der Waals surface area contributed by atoms with Gasteiger partial charge in [0, 0.05) is 11.6 Å². The van der Waals surface area contributed by atoms with Gasteiger partial charge in [-0.1, -0.05) is 11.6 Å². The number of nitrogens with zero attached hydrogens (tertiary/aromatic N) is 1. The maximum absolute atomic E-state index is 5.98. The first-order valence-electron chi connectivity index (χ1n) is 4.43. The summed E-state index contributed by atoms with van der Waals surface area (Å²) >= 11 is 11.7. The predicted octanol–water partition coefficient (Wildman–Crippen LogP) is 3.57. The van der Waals surface area contributed by atoms with Crippen LogP contribution in [0.1, 0.15) is 25.1 Å². The van der Waals surface area contributed by atoms with E-state index in [0.717, 1.165) is 11.3 Å². The highest BCUT2D eigenvalue weighted by molar-refractivity contribution is 6.32. The molecule has 0 N–H and O–H groups in total. The number of aromatic nitrogens is 1. The van der Waals surface area contributed by atoms with E-state index in [0.29, 0.717) is 16.8 Å². The molecule has 0 saturated carbocycles. The highest BCUT2D eigenvalue weighted by Gasteiger charge is 2.09. The SMILES string of the molecule is Cc1nc(OC(C)C)c(Cl)cc1CCl. The van der Waals surface area contributed by atoms with Crippen molar-refractivity contribution in [3.05, 3.63) is 22.3 Å². The van der Waals surface area contributed by atoms with Crippen LogP contribution in [-0.4, -0.2) is 11.1 Å². The van der Waals surface area contributed by atoms with E-state index in [1.165, 1.54) is 0 Å². The summed E-state index contributed by atoms with van der Waals surface area (Å²) in [5.41, 5.74) is 1.80. The lowest BCUT2D eigenvalue weighted by atomic mass is 10.2. The third-order valence-corrected chi connectivity index (χ3v) is 2.29. The molecule has 0 aliphatic carbocycles. The number of hydrogen-bond acceptors (Lipinski definition) is 2. The Kier molecular flexibility index (Phi) is 4.02. The molecule has 0 amide bonds. The minimum atomic E-state index is 0.0706. The average Bonchev–Trinajstić information content (AvgIpc) is 2.10. The second kappa shape index (κ2) is 4.85. The molecule has 1 heterocycles. The Morgan fingerprint density at radius 3 is 2.64 bits per heavy atom. The van der Waals surface area contributed by atoms with Crippen LogP contribution in [0, 0.1) is 6.92 Å². The van der Waals surface area contributed by atoms with Crippen LogP contribution in [-0.2, 0) is 5.88 Å². The second-order valence-electron chi connectivity index (χ2n) is 3.32. The van der Waals surface area contributed by atoms with Crippen LogP contribution in [0.25, 0.3) is 0 Å². The molecule has 4 heteroatoms. The van der Waals surface area contributed by atoms with Gasteiger partial charge in [-0.25, -0.2) is 4.98 Å². The highest BCUT2D eigenvalue weighted by atomic mass is 35.5. The molecule has 0 fully saturated rings. The van der Waals surface area contributed by atoms with E-state index in [2.05, 4.69) is 4.98 Å². The Morgan fingerprint density at radius 1 is 1.50 bits per heavy atom. The molecule has 0 aliphatic rings. The zero-order valence-corrected chi connectivity index (χ0v) is 9.99. The van der Waals surface area contributed by atoms with Crippen LogP contribution >= 0.6 is 23.2 Å².